The minimum absolute atomic E-state index is 0.0944. The monoisotopic (exact) mass is 387 g/mol. The third-order valence-electron chi connectivity index (χ3n) is 4.74. The maximum atomic E-state index is 9.49. The fraction of sp³-hybridized carbons (Fsp3) is 0.227. The molecule has 1 unspecified atom stereocenters. The second-order valence-corrected chi connectivity index (χ2v) is 6.49. The Morgan fingerprint density at radius 2 is 1.45 bits per heavy atom. The van der Waals surface area contributed by atoms with Gasteiger partial charge in [-0.2, -0.15) is 10.5 Å². The molecule has 0 aromatic heterocycles. The molecule has 0 saturated heterocycles. The third-order valence-corrected chi connectivity index (χ3v) is 4.74. The lowest BCUT2D eigenvalue weighted by Crippen LogP contribution is -2.47. The highest BCUT2D eigenvalue weighted by atomic mass is 16.5. The van der Waals surface area contributed by atoms with Gasteiger partial charge in [-0.1, -0.05) is 24.3 Å². The molecule has 29 heavy (non-hydrogen) atoms. The van der Waals surface area contributed by atoms with Crippen molar-refractivity contribution in [2.45, 2.75) is 18.9 Å². The van der Waals surface area contributed by atoms with E-state index in [2.05, 4.69) is 11.1 Å². The summed E-state index contributed by atoms with van der Waals surface area (Å²) in [6, 6.07) is 18.4. The summed E-state index contributed by atoms with van der Waals surface area (Å²) in [5, 5.41) is 20.3. The molecule has 0 bridgehead atoms. The number of nitrogens with zero attached hydrogens (tertiary/aromatic N) is 4. The molecule has 0 spiro atoms. The molecule has 1 aliphatic heterocycles. The largest absolute Gasteiger partial charge is 0.497 e. The number of hydrogen-bond acceptors (Lipinski definition) is 7. The van der Waals surface area contributed by atoms with Crippen LogP contribution in [0.1, 0.15) is 11.1 Å². The van der Waals surface area contributed by atoms with Gasteiger partial charge in [-0.15, -0.1) is 0 Å². The fourth-order valence-electron chi connectivity index (χ4n) is 3.13. The van der Waals surface area contributed by atoms with E-state index < -0.39 is 6.04 Å². The van der Waals surface area contributed by atoms with Gasteiger partial charge in [0.1, 0.15) is 17.6 Å². The molecule has 0 amide bonds. The van der Waals surface area contributed by atoms with Crippen molar-refractivity contribution in [3.05, 3.63) is 71.1 Å². The van der Waals surface area contributed by atoms with Crippen LogP contribution in [0.5, 0.6) is 11.5 Å². The average Bonchev–Trinajstić information content (AvgIpc) is 2.76. The molecule has 7 nitrogen and oxygen atoms in total. The molecule has 146 valence electrons. The first-order valence-corrected chi connectivity index (χ1v) is 8.99. The Bertz CT molecular complexity index is 1010. The molecule has 0 radical (unpaired) electrons. The predicted molar refractivity (Wildman–Crippen MR) is 109 cm³/mol. The van der Waals surface area contributed by atoms with Gasteiger partial charge in [-0.05, 0) is 35.4 Å². The Balaban J connectivity index is 1.99. The topological polar surface area (TPSA) is 108 Å². The lowest BCUT2D eigenvalue weighted by atomic mass is 10.00. The third kappa shape index (κ3) is 4.37. The van der Waals surface area contributed by atoms with Crippen LogP contribution in [0.4, 0.5) is 0 Å². The Morgan fingerprint density at radius 1 is 0.931 bits per heavy atom. The van der Waals surface area contributed by atoms with Crippen LogP contribution in [0.15, 0.2) is 64.9 Å². The van der Waals surface area contributed by atoms with Crippen LogP contribution in [0, 0.1) is 22.7 Å². The molecular weight excluding hydrogens is 366 g/mol. The van der Waals surface area contributed by atoms with E-state index in [9.17, 15) is 10.5 Å². The summed E-state index contributed by atoms with van der Waals surface area (Å²) in [4.78, 5) is 4.49. The van der Waals surface area contributed by atoms with Crippen molar-refractivity contribution in [2.24, 2.45) is 10.8 Å². The molecule has 0 fully saturated rings. The van der Waals surface area contributed by atoms with Crippen LogP contribution in [0.2, 0.25) is 0 Å². The number of ether oxygens (including phenoxy) is 2. The van der Waals surface area contributed by atoms with Crippen LogP contribution >= 0.6 is 0 Å². The van der Waals surface area contributed by atoms with Crippen LogP contribution in [0.25, 0.3) is 0 Å². The van der Waals surface area contributed by atoms with Crippen molar-refractivity contribution in [3.8, 4) is 23.6 Å². The molecule has 2 aromatic rings. The van der Waals surface area contributed by atoms with Gasteiger partial charge < -0.3 is 9.47 Å². The first-order valence-electron chi connectivity index (χ1n) is 8.99. The second-order valence-electron chi connectivity index (χ2n) is 6.49. The van der Waals surface area contributed by atoms with Crippen LogP contribution < -0.4 is 15.3 Å². The maximum absolute atomic E-state index is 9.49. The molecule has 0 saturated carbocycles. The van der Waals surface area contributed by atoms with Gasteiger partial charge in [0.25, 0.3) is 0 Å². The SMILES string of the molecule is COc1ccc(CC2=C(Cc3ccc(OC)cc3)N(N)C(C#N)C(C#N)=N2)cc1. The zero-order valence-electron chi connectivity index (χ0n) is 16.3. The highest BCUT2D eigenvalue weighted by Gasteiger charge is 2.30. The van der Waals surface area contributed by atoms with E-state index in [1.165, 1.54) is 5.01 Å². The standard InChI is InChI=1S/C22H21N5O2/c1-28-17-7-3-15(4-8-17)11-19-21(12-16-5-9-18(29-2)10-6-16)27(25)22(14-24)20(13-23)26-19/h3-10,22H,11-12,25H2,1-2H3. The molecular formula is C22H21N5O2. The minimum Gasteiger partial charge on any atom is -0.497 e. The van der Waals surface area contributed by atoms with Gasteiger partial charge in [-0.25, -0.2) is 10.8 Å². The quantitative estimate of drug-likeness (QED) is 0.764. The molecule has 7 heteroatoms. The fourth-order valence-corrected chi connectivity index (χ4v) is 3.13. The molecule has 3 rings (SSSR count). The van der Waals surface area contributed by atoms with Crippen molar-refractivity contribution < 1.29 is 9.47 Å². The first kappa shape index (κ1) is 19.9. The summed E-state index contributed by atoms with van der Waals surface area (Å²) in [5.74, 6) is 7.79. The van der Waals surface area contributed by atoms with Crippen LogP contribution in [0.3, 0.4) is 0 Å². The van der Waals surface area contributed by atoms with Crippen LogP contribution in [-0.4, -0.2) is 31.0 Å². The van der Waals surface area contributed by atoms with Gasteiger partial charge in [0.05, 0.1) is 31.7 Å². The summed E-state index contributed by atoms with van der Waals surface area (Å²) >= 11 is 0. The molecule has 1 heterocycles. The summed E-state index contributed by atoms with van der Waals surface area (Å²) < 4.78 is 10.4. The Hall–Kier alpha value is -3.81. The number of nitriles is 2. The van der Waals surface area contributed by atoms with E-state index in [4.69, 9.17) is 15.3 Å². The number of hydrazine groups is 1. The lowest BCUT2D eigenvalue weighted by Gasteiger charge is -2.31. The molecule has 1 aliphatic rings. The van der Waals surface area contributed by atoms with Gasteiger partial charge in [-0.3, -0.25) is 5.01 Å². The van der Waals surface area contributed by atoms with E-state index in [0.29, 0.717) is 24.2 Å². The van der Waals surface area contributed by atoms with Gasteiger partial charge >= 0.3 is 0 Å². The number of nitrogens with two attached hydrogens (primary N) is 1. The highest BCUT2D eigenvalue weighted by Crippen LogP contribution is 2.27. The summed E-state index contributed by atoms with van der Waals surface area (Å²) in [6.07, 6.45) is 0.957. The van der Waals surface area contributed by atoms with E-state index in [1.807, 2.05) is 54.6 Å². The van der Waals surface area contributed by atoms with Crippen molar-refractivity contribution in [3.63, 3.8) is 0 Å². The van der Waals surface area contributed by atoms with E-state index in [-0.39, 0.29) is 5.71 Å². The smallest absolute Gasteiger partial charge is 0.183 e. The van der Waals surface area contributed by atoms with Crippen molar-refractivity contribution >= 4 is 5.71 Å². The highest BCUT2D eigenvalue weighted by molar-refractivity contribution is 6.05. The van der Waals surface area contributed by atoms with Gasteiger partial charge in [0, 0.05) is 12.8 Å². The van der Waals surface area contributed by atoms with Crippen molar-refractivity contribution in [1.82, 2.24) is 5.01 Å². The minimum atomic E-state index is -0.909. The van der Waals surface area contributed by atoms with Crippen LogP contribution in [-0.2, 0) is 12.8 Å². The van der Waals surface area contributed by atoms with Crippen molar-refractivity contribution in [2.75, 3.05) is 14.2 Å². The van der Waals surface area contributed by atoms with E-state index >= 15 is 0 Å². The Labute approximate surface area is 169 Å². The zero-order valence-corrected chi connectivity index (χ0v) is 16.3. The maximum Gasteiger partial charge on any atom is 0.183 e. The number of allylic oxidation sites excluding steroid dienone is 2. The van der Waals surface area contributed by atoms with Gasteiger partial charge in [0.2, 0.25) is 0 Å². The molecule has 2 N–H and O–H groups in total. The first-order chi connectivity index (χ1) is 14.1. The summed E-state index contributed by atoms with van der Waals surface area (Å²) in [7, 11) is 3.23. The van der Waals surface area contributed by atoms with Crippen molar-refractivity contribution in [1.29, 1.82) is 10.5 Å². The Kier molecular flexibility index (Phi) is 6.13. The predicted octanol–water partition coefficient (Wildman–Crippen LogP) is 2.75. The Morgan fingerprint density at radius 3 is 1.90 bits per heavy atom. The van der Waals surface area contributed by atoms with E-state index in [0.717, 1.165) is 22.6 Å². The number of rotatable bonds is 6. The number of hydrogen-bond donors (Lipinski definition) is 1. The molecule has 1 atom stereocenters. The average molecular weight is 387 g/mol. The zero-order chi connectivity index (χ0) is 20.8. The van der Waals surface area contributed by atoms with Gasteiger partial charge in [0.15, 0.2) is 11.8 Å². The number of benzene rings is 2. The van der Waals surface area contributed by atoms with E-state index in [1.54, 1.807) is 14.2 Å². The summed E-state index contributed by atoms with van der Waals surface area (Å²) in [5.41, 5.74) is 3.46. The number of methoxy groups -OCH3 is 2. The normalized spacial score (nSPS) is 16.0. The lowest BCUT2D eigenvalue weighted by molar-refractivity contribution is 0.342. The molecule has 0 aliphatic carbocycles. The second kappa shape index (κ2) is 8.92. The molecule has 2 aromatic carbocycles. The summed E-state index contributed by atoms with van der Waals surface area (Å²) in [6.45, 7) is 0. The number of aliphatic imine (C=N–C) groups is 1.